The van der Waals surface area contributed by atoms with Gasteiger partial charge in [0.05, 0.1) is 11.0 Å². The molecule has 114 valence electrons. The number of hydrogen-bond donors (Lipinski definition) is 3. The Morgan fingerprint density at radius 1 is 1.32 bits per heavy atom. The number of non-ortho nitro benzene ring substituents is 1. The number of nitrogens with two attached hydrogens (primary N) is 1. The molecule has 2 aromatic rings. The van der Waals surface area contributed by atoms with Crippen molar-refractivity contribution in [2.45, 2.75) is 6.10 Å². The lowest BCUT2D eigenvalue weighted by atomic mass is 10.1. The van der Waals surface area contributed by atoms with Crippen molar-refractivity contribution >= 4 is 17.4 Å². The highest BCUT2D eigenvalue weighted by Gasteiger charge is 2.15. The van der Waals surface area contributed by atoms with Crippen molar-refractivity contribution in [1.29, 1.82) is 0 Å². The molecule has 0 radical (unpaired) electrons. The Labute approximate surface area is 125 Å². The summed E-state index contributed by atoms with van der Waals surface area (Å²) in [4.78, 5) is 29.4. The van der Waals surface area contributed by atoms with Crippen molar-refractivity contribution in [3.05, 3.63) is 58.0 Å². The average molecular weight is 303 g/mol. The molecule has 9 nitrogen and oxygen atoms in total. The van der Waals surface area contributed by atoms with E-state index < -0.39 is 16.9 Å². The van der Waals surface area contributed by atoms with Crippen molar-refractivity contribution in [2.75, 3.05) is 12.3 Å². The fourth-order valence-corrected chi connectivity index (χ4v) is 1.73. The number of nitro groups is 1. The fraction of sp³-hybridized carbons (Fsp3) is 0.154. The SMILES string of the molecule is Nc1nccnc1C(=O)NC[C@H](O)c1ccc([N+](=O)[O-])cc1. The summed E-state index contributed by atoms with van der Waals surface area (Å²) in [6.07, 6.45) is 1.68. The first-order valence-electron chi connectivity index (χ1n) is 6.26. The predicted octanol–water partition coefficient (Wildman–Crippen LogP) is 0.430. The summed E-state index contributed by atoms with van der Waals surface area (Å²) in [7, 11) is 0. The lowest BCUT2D eigenvalue weighted by Gasteiger charge is -2.12. The Kier molecular flexibility index (Phi) is 4.59. The van der Waals surface area contributed by atoms with E-state index in [0.29, 0.717) is 5.56 Å². The van der Waals surface area contributed by atoms with Gasteiger partial charge in [-0.1, -0.05) is 0 Å². The summed E-state index contributed by atoms with van der Waals surface area (Å²) in [5, 5.41) is 23.0. The number of nitrogens with one attached hydrogen (secondary N) is 1. The van der Waals surface area contributed by atoms with Crippen molar-refractivity contribution in [3.63, 3.8) is 0 Å². The van der Waals surface area contributed by atoms with Crippen LogP contribution in [0.4, 0.5) is 11.5 Å². The van der Waals surface area contributed by atoms with Crippen LogP contribution in [-0.2, 0) is 0 Å². The molecule has 0 unspecified atom stereocenters. The highest BCUT2D eigenvalue weighted by molar-refractivity contribution is 5.96. The fourth-order valence-electron chi connectivity index (χ4n) is 1.73. The molecule has 0 bridgehead atoms. The largest absolute Gasteiger partial charge is 0.387 e. The first-order chi connectivity index (χ1) is 10.5. The normalized spacial score (nSPS) is 11.7. The zero-order chi connectivity index (χ0) is 16.1. The van der Waals surface area contributed by atoms with Crippen LogP contribution in [0.5, 0.6) is 0 Å². The number of aromatic nitrogens is 2. The molecule has 0 spiro atoms. The van der Waals surface area contributed by atoms with Crippen LogP contribution in [0.1, 0.15) is 22.2 Å². The number of nitro benzene ring substituents is 1. The maximum atomic E-state index is 11.9. The van der Waals surface area contributed by atoms with E-state index in [0.717, 1.165) is 0 Å². The number of nitrogen functional groups attached to an aromatic ring is 1. The van der Waals surface area contributed by atoms with Crippen LogP contribution < -0.4 is 11.1 Å². The van der Waals surface area contributed by atoms with Gasteiger partial charge >= 0.3 is 0 Å². The minimum absolute atomic E-state index is 0.00942. The summed E-state index contributed by atoms with van der Waals surface area (Å²) in [6.45, 7) is -0.0906. The van der Waals surface area contributed by atoms with Gasteiger partial charge in [0.25, 0.3) is 11.6 Å². The molecular weight excluding hydrogens is 290 g/mol. The van der Waals surface area contributed by atoms with Crippen LogP contribution >= 0.6 is 0 Å². The molecule has 2 rings (SSSR count). The predicted molar refractivity (Wildman–Crippen MR) is 76.8 cm³/mol. The van der Waals surface area contributed by atoms with Crippen LogP contribution in [0, 0.1) is 10.1 Å². The number of rotatable bonds is 5. The molecule has 22 heavy (non-hydrogen) atoms. The van der Waals surface area contributed by atoms with Gasteiger partial charge in [-0.2, -0.15) is 0 Å². The molecule has 1 atom stereocenters. The lowest BCUT2D eigenvalue weighted by Crippen LogP contribution is -2.30. The number of benzene rings is 1. The molecule has 1 amide bonds. The van der Waals surface area contributed by atoms with E-state index in [1.54, 1.807) is 0 Å². The third kappa shape index (κ3) is 3.52. The summed E-state index contributed by atoms with van der Waals surface area (Å²) >= 11 is 0. The second-order valence-corrected chi connectivity index (χ2v) is 4.36. The van der Waals surface area contributed by atoms with Gasteiger partial charge < -0.3 is 16.2 Å². The van der Waals surface area contributed by atoms with Gasteiger partial charge in [0.15, 0.2) is 11.5 Å². The van der Waals surface area contributed by atoms with Crippen molar-refractivity contribution in [2.24, 2.45) is 0 Å². The third-order valence-electron chi connectivity index (χ3n) is 2.89. The summed E-state index contributed by atoms with van der Waals surface area (Å²) < 4.78 is 0. The number of aliphatic hydroxyl groups is 1. The monoisotopic (exact) mass is 303 g/mol. The number of carbonyl (C=O) groups is 1. The number of anilines is 1. The van der Waals surface area contributed by atoms with E-state index in [9.17, 15) is 20.0 Å². The molecule has 0 saturated carbocycles. The van der Waals surface area contributed by atoms with Gasteiger partial charge in [0, 0.05) is 31.1 Å². The molecule has 0 aliphatic carbocycles. The van der Waals surface area contributed by atoms with E-state index in [1.807, 2.05) is 0 Å². The van der Waals surface area contributed by atoms with Gasteiger partial charge in [-0.3, -0.25) is 14.9 Å². The summed E-state index contributed by atoms with van der Waals surface area (Å²) in [5.74, 6) is -0.573. The third-order valence-corrected chi connectivity index (χ3v) is 2.89. The lowest BCUT2D eigenvalue weighted by molar-refractivity contribution is -0.384. The summed E-state index contributed by atoms with van der Waals surface area (Å²) in [5.41, 5.74) is 5.86. The first-order valence-corrected chi connectivity index (χ1v) is 6.26. The van der Waals surface area contributed by atoms with Crippen LogP contribution in [0.15, 0.2) is 36.7 Å². The Morgan fingerprint density at radius 2 is 1.95 bits per heavy atom. The number of aliphatic hydroxyl groups excluding tert-OH is 1. The molecule has 0 fully saturated rings. The Morgan fingerprint density at radius 3 is 2.55 bits per heavy atom. The number of nitrogens with zero attached hydrogens (tertiary/aromatic N) is 3. The number of amides is 1. The molecule has 1 aromatic heterocycles. The molecular formula is C13H13N5O4. The Bertz CT molecular complexity index is 689. The van der Waals surface area contributed by atoms with E-state index in [4.69, 9.17) is 5.73 Å². The van der Waals surface area contributed by atoms with Gasteiger partial charge in [-0.15, -0.1) is 0 Å². The van der Waals surface area contributed by atoms with E-state index in [2.05, 4.69) is 15.3 Å². The summed E-state index contributed by atoms with van der Waals surface area (Å²) in [6, 6.07) is 5.40. The highest BCUT2D eigenvalue weighted by Crippen LogP contribution is 2.17. The van der Waals surface area contributed by atoms with Crippen molar-refractivity contribution < 1.29 is 14.8 Å². The van der Waals surface area contributed by atoms with E-state index in [1.165, 1.54) is 36.7 Å². The van der Waals surface area contributed by atoms with Crippen molar-refractivity contribution in [1.82, 2.24) is 15.3 Å². The van der Waals surface area contributed by atoms with E-state index >= 15 is 0 Å². The molecule has 4 N–H and O–H groups in total. The molecule has 1 aromatic carbocycles. The van der Waals surface area contributed by atoms with Crippen LogP contribution in [0.25, 0.3) is 0 Å². The molecule has 9 heteroatoms. The zero-order valence-corrected chi connectivity index (χ0v) is 11.3. The van der Waals surface area contributed by atoms with Crippen LogP contribution in [0.3, 0.4) is 0 Å². The molecule has 0 aliphatic heterocycles. The van der Waals surface area contributed by atoms with Gasteiger partial charge in [-0.25, -0.2) is 9.97 Å². The minimum Gasteiger partial charge on any atom is -0.387 e. The molecule has 0 aliphatic rings. The average Bonchev–Trinajstić information content (AvgIpc) is 2.52. The van der Waals surface area contributed by atoms with Crippen LogP contribution in [-0.4, -0.2) is 32.4 Å². The number of carbonyl (C=O) groups excluding carboxylic acids is 1. The molecule has 1 heterocycles. The Hall–Kier alpha value is -3.07. The van der Waals surface area contributed by atoms with Crippen LogP contribution in [0.2, 0.25) is 0 Å². The van der Waals surface area contributed by atoms with E-state index in [-0.39, 0.29) is 23.7 Å². The topological polar surface area (TPSA) is 144 Å². The van der Waals surface area contributed by atoms with Gasteiger partial charge in [-0.05, 0) is 17.7 Å². The second-order valence-electron chi connectivity index (χ2n) is 4.36. The first kappa shape index (κ1) is 15.3. The van der Waals surface area contributed by atoms with Crippen molar-refractivity contribution in [3.8, 4) is 0 Å². The molecule has 0 saturated heterocycles. The maximum Gasteiger partial charge on any atom is 0.273 e. The highest BCUT2D eigenvalue weighted by atomic mass is 16.6. The Balaban J connectivity index is 1.97. The smallest absolute Gasteiger partial charge is 0.273 e. The quantitative estimate of drug-likeness (QED) is 0.536. The zero-order valence-electron chi connectivity index (χ0n) is 11.3. The second kappa shape index (κ2) is 6.59. The number of hydrogen-bond acceptors (Lipinski definition) is 7. The maximum absolute atomic E-state index is 11.9. The van der Waals surface area contributed by atoms with Gasteiger partial charge in [0.1, 0.15) is 0 Å². The minimum atomic E-state index is -1.01. The van der Waals surface area contributed by atoms with Gasteiger partial charge in [0.2, 0.25) is 0 Å². The standard InChI is InChI=1S/C13H13N5O4/c14-12-11(15-5-6-16-12)13(20)17-7-10(19)8-1-3-9(4-2-8)18(21)22/h1-6,10,19H,7H2,(H2,14,16)(H,17,20)/t10-/m0/s1.